The minimum absolute atomic E-state index is 0.0904. The average molecular weight is 388 g/mol. The lowest BCUT2D eigenvalue weighted by Gasteiger charge is -2.17. The molecule has 0 unspecified atom stereocenters. The molecule has 5 heteroatoms. The van der Waals surface area contributed by atoms with Crippen molar-refractivity contribution in [1.29, 1.82) is 0 Å². The zero-order valence-corrected chi connectivity index (χ0v) is 16.6. The van der Waals surface area contributed by atoms with E-state index in [9.17, 15) is 9.59 Å². The van der Waals surface area contributed by atoms with E-state index in [0.29, 0.717) is 30.0 Å². The Hall–Kier alpha value is -3.60. The summed E-state index contributed by atoms with van der Waals surface area (Å²) in [6, 6.07) is 23.7. The van der Waals surface area contributed by atoms with Crippen LogP contribution in [0.3, 0.4) is 0 Å². The van der Waals surface area contributed by atoms with Crippen LogP contribution in [0.5, 0.6) is 5.75 Å². The Labute approximate surface area is 170 Å². The van der Waals surface area contributed by atoms with Gasteiger partial charge in [0, 0.05) is 30.4 Å². The summed E-state index contributed by atoms with van der Waals surface area (Å²) in [7, 11) is 1.77. The highest BCUT2D eigenvalue weighted by atomic mass is 16.5. The molecule has 29 heavy (non-hydrogen) atoms. The van der Waals surface area contributed by atoms with Crippen LogP contribution in [0.25, 0.3) is 0 Å². The van der Waals surface area contributed by atoms with Gasteiger partial charge in [0.05, 0.1) is 6.61 Å². The van der Waals surface area contributed by atoms with Gasteiger partial charge in [0.15, 0.2) is 0 Å². The molecule has 0 aliphatic carbocycles. The normalized spacial score (nSPS) is 10.3. The second-order valence-electron chi connectivity index (χ2n) is 6.64. The first-order valence-electron chi connectivity index (χ1n) is 9.50. The maximum atomic E-state index is 12.6. The van der Waals surface area contributed by atoms with E-state index < -0.39 is 0 Å². The highest BCUT2D eigenvalue weighted by molar-refractivity contribution is 6.05. The number of nitrogens with zero attached hydrogens (tertiary/aromatic N) is 1. The van der Waals surface area contributed by atoms with Crippen LogP contribution in [-0.2, 0) is 6.54 Å². The van der Waals surface area contributed by atoms with Crippen LogP contribution in [-0.4, -0.2) is 30.4 Å². The van der Waals surface area contributed by atoms with Crippen molar-refractivity contribution >= 4 is 17.5 Å². The fraction of sp³-hybridized carbons (Fsp3) is 0.167. The highest BCUT2D eigenvalue weighted by Crippen LogP contribution is 2.17. The number of anilines is 1. The van der Waals surface area contributed by atoms with Crippen LogP contribution in [0, 0.1) is 0 Å². The van der Waals surface area contributed by atoms with E-state index in [0.717, 1.165) is 11.3 Å². The van der Waals surface area contributed by atoms with Crippen molar-refractivity contribution in [2.24, 2.45) is 0 Å². The molecule has 3 rings (SSSR count). The summed E-state index contributed by atoms with van der Waals surface area (Å²) < 4.78 is 5.39. The molecular formula is C24H24N2O3. The number of hydrogen-bond acceptors (Lipinski definition) is 3. The Morgan fingerprint density at radius 3 is 2.10 bits per heavy atom. The van der Waals surface area contributed by atoms with Crippen LogP contribution in [0.2, 0.25) is 0 Å². The highest BCUT2D eigenvalue weighted by Gasteiger charge is 2.13. The Balaban J connectivity index is 1.61. The summed E-state index contributed by atoms with van der Waals surface area (Å²) >= 11 is 0. The average Bonchev–Trinajstić information content (AvgIpc) is 2.75. The number of carbonyl (C=O) groups excluding carboxylic acids is 2. The molecule has 0 radical (unpaired) electrons. The smallest absolute Gasteiger partial charge is 0.255 e. The van der Waals surface area contributed by atoms with Gasteiger partial charge in [-0.05, 0) is 61.0 Å². The molecule has 0 fully saturated rings. The predicted molar refractivity (Wildman–Crippen MR) is 114 cm³/mol. The summed E-state index contributed by atoms with van der Waals surface area (Å²) in [5, 5.41) is 2.84. The maximum Gasteiger partial charge on any atom is 0.255 e. The van der Waals surface area contributed by atoms with E-state index in [2.05, 4.69) is 5.32 Å². The van der Waals surface area contributed by atoms with E-state index in [1.165, 1.54) is 0 Å². The number of rotatable bonds is 7. The van der Waals surface area contributed by atoms with Crippen molar-refractivity contribution in [3.63, 3.8) is 0 Å². The van der Waals surface area contributed by atoms with Gasteiger partial charge < -0.3 is 15.0 Å². The molecule has 2 amide bonds. The van der Waals surface area contributed by atoms with Gasteiger partial charge >= 0.3 is 0 Å². The summed E-state index contributed by atoms with van der Waals surface area (Å²) in [6.07, 6.45) is 0. The number of ether oxygens (including phenoxy) is 1. The number of amides is 2. The Morgan fingerprint density at radius 1 is 0.862 bits per heavy atom. The summed E-state index contributed by atoms with van der Waals surface area (Å²) in [5.41, 5.74) is 2.78. The lowest BCUT2D eigenvalue weighted by molar-refractivity contribution is 0.0784. The zero-order valence-electron chi connectivity index (χ0n) is 16.6. The van der Waals surface area contributed by atoms with Crippen LogP contribution in [0.15, 0.2) is 78.9 Å². The van der Waals surface area contributed by atoms with Crippen molar-refractivity contribution in [3.8, 4) is 5.75 Å². The van der Waals surface area contributed by atoms with Crippen LogP contribution < -0.4 is 10.1 Å². The van der Waals surface area contributed by atoms with Gasteiger partial charge in [-0.3, -0.25) is 9.59 Å². The molecule has 0 aliphatic heterocycles. The van der Waals surface area contributed by atoms with Crippen molar-refractivity contribution in [2.75, 3.05) is 19.0 Å². The standard InChI is InChI=1S/C24H24N2O3/c1-3-29-22-15-13-21(14-16-22)25-23(27)19-9-11-20(12-10-19)24(28)26(2)17-18-7-5-4-6-8-18/h4-16H,3,17H2,1-2H3,(H,25,27). The molecule has 0 saturated carbocycles. The van der Waals surface area contributed by atoms with Gasteiger partial charge in [-0.2, -0.15) is 0 Å². The van der Waals surface area contributed by atoms with Crippen molar-refractivity contribution < 1.29 is 14.3 Å². The molecule has 0 heterocycles. The summed E-state index contributed by atoms with van der Waals surface area (Å²) in [6.45, 7) is 3.04. The van der Waals surface area contributed by atoms with Gasteiger partial charge in [0.2, 0.25) is 0 Å². The third kappa shape index (κ3) is 5.45. The topological polar surface area (TPSA) is 58.6 Å². The molecular weight excluding hydrogens is 364 g/mol. The molecule has 148 valence electrons. The number of carbonyl (C=O) groups is 2. The van der Waals surface area contributed by atoms with Crippen molar-refractivity contribution in [2.45, 2.75) is 13.5 Å². The number of benzene rings is 3. The van der Waals surface area contributed by atoms with E-state index in [1.807, 2.05) is 49.4 Å². The van der Waals surface area contributed by atoms with Gasteiger partial charge in [-0.1, -0.05) is 30.3 Å². The van der Waals surface area contributed by atoms with Crippen molar-refractivity contribution in [3.05, 3.63) is 95.6 Å². The fourth-order valence-electron chi connectivity index (χ4n) is 2.92. The molecule has 3 aromatic carbocycles. The quantitative estimate of drug-likeness (QED) is 0.643. The fourth-order valence-corrected chi connectivity index (χ4v) is 2.92. The van der Waals surface area contributed by atoms with E-state index in [4.69, 9.17) is 4.74 Å². The zero-order chi connectivity index (χ0) is 20.6. The summed E-state index contributed by atoms with van der Waals surface area (Å²) in [4.78, 5) is 26.7. The van der Waals surface area contributed by atoms with Gasteiger partial charge in [0.25, 0.3) is 11.8 Å². The lowest BCUT2D eigenvalue weighted by Crippen LogP contribution is -2.26. The minimum Gasteiger partial charge on any atom is -0.494 e. The van der Waals surface area contributed by atoms with E-state index in [1.54, 1.807) is 48.3 Å². The van der Waals surface area contributed by atoms with Gasteiger partial charge in [0.1, 0.15) is 5.75 Å². The lowest BCUT2D eigenvalue weighted by atomic mass is 10.1. The molecule has 0 aromatic heterocycles. The van der Waals surface area contributed by atoms with Gasteiger partial charge in [-0.15, -0.1) is 0 Å². The molecule has 5 nitrogen and oxygen atoms in total. The third-order valence-electron chi connectivity index (χ3n) is 4.43. The van der Waals surface area contributed by atoms with Crippen molar-refractivity contribution in [1.82, 2.24) is 4.90 Å². The number of nitrogens with one attached hydrogen (secondary N) is 1. The second kappa shape index (κ2) is 9.55. The Morgan fingerprint density at radius 2 is 1.48 bits per heavy atom. The molecule has 0 spiro atoms. The largest absolute Gasteiger partial charge is 0.494 e. The SMILES string of the molecule is CCOc1ccc(NC(=O)c2ccc(C(=O)N(C)Cc3ccccc3)cc2)cc1. The summed E-state index contributed by atoms with van der Waals surface area (Å²) in [5.74, 6) is 0.436. The second-order valence-corrected chi connectivity index (χ2v) is 6.64. The third-order valence-corrected chi connectivity index (χ3v) is 4.43. The molecule has 0 atom stereocenters. The minimum atomic E-state index is -0.231. The van der Waals surface area contributed by atoms with E-state index in [-0.39, 0.29) is 11.8 Å². The van der Waals surface area contributed by atoms with Crippen LogP contribution in [0.1, 0.15) is 33.2 Å². The Bertz CT molecular complexity index is 952. The Kier molecular flexibility index (Phi) is 6.63. The first-order valence-corrected chi connectivity index (χ1v) is 9.50. The molecule has 1 N–H and O–H groups in total. The predicted octanol–water partition coefficient (Wildman–Crippen LogP) is 4.61. The van der Waals surface area contributed by atoms with E-state index >= 15 is 0 Å². The monoisotopic (exact) mass is 388 g/mol. The van der Waals surface area contributed by atoms with Crippen LogP contribution >= 0.6 is 0 Å². The first-order chi connectivity index (χ1) is 14.1. The molecule has 0 bridgehead atoms. The van der Waals surface area contributed by atoms with Crippen LogP contribution in [0.4, 0.5) is 5.69 Å². The number of hydrogen-bond donors (Lipinski definition) is 1. The maximum absolute atomic E-state index is 12.6. The first kappa shape index (κ1) is 20.1. The molecule has 0 saturated heterocycles. The molecule has 3 aromatic rings. The molecule has 0 aliphatic rings. The van der Waals surface area contributed by atoms with Gasteiger partial charge in [-0.25, -0.2) is 0 Å².